The van der Waals surface area contributed by atoms with Crippen molar-refractivity contribution < 1.29 is 26.3 Å². The maximum Gasteiger partial charge on any atom is 0.410 e. The van der Waals surface area contributed by atoms with Gasteiger partial charge in [0.1, 0.15) is 10.8 Å². The number of hydrogen-bond acceptors (Lipinski definition) is 6. The van der Waals surface area contributed by atoms with Gasteiger partial charge in [-0.3, -0.25) is 0 Å². The molecule has 1 saturated heterocycles. The summed E-state index contributed by atoms with van der Waals surface area (Å²) in [6.45, 7) is 2.34. The first kappa shape index (κ1) is 23.1. The molecule has 33 heavy (non-hydrogen) atoms. The van der Waals surface area contributed by atoms with Gasteiger partial charge in [-0.25, -0.2) is 17.8 Å². The summed E-state index contributed by atoms with van der Waals surface area (Å²) in [4.78, 5) is 3.93. The van der Waals surface area contributed by atoms with Crippen LogP contribution in [0.2, 0.25) is 5.15 Å². The average molecular weight is 518 g/mol. The van der Waals surface area contributed by atoms with Crippen molar-refractivity contribution in [1.82, 2.24) is 9.29 Å². The molecule has 0 bridgehead atoms. The fraction of sp³-hybridized carbons (Fsp3) is 0.429. The highest BCUT2D eigenvalue weighted by Gasteiger charge is 2.61. The molecule has 0 aliphatic carbocycles. The van der Waals surface area contributed by atoms with Gasteiger partial charge >= 0.3 is 6.18 Å². The van der Waals surface area contributed by atoms with Crippen LogP contribution < -0.4 is 0 Å². The molecule has 1 aromatic heterocycles. The molecule has 1 unspecified atom stereocenters. The van der Waals surface area contributed by atoms with Gasteiger partial charge in [0.2, 0.25) is 10.0 Å². The standard InChI is InChI=1S/C21H19ClF3N3O3S2/c1-2-33(29,30)28-11-19(12-28)15-7-6-13(8-14(15)10-31-19)16-9-20(32-27-16,21(23,24)25)17-4-3-5-18(22)26-17/h3-8H,2,9-12H2,1H3. The van der Waals surface area contributed by atoms with E-state index in [-0.39, 0.29) is 42.7 Å². The number of hydrogen-bond donors (Lipinski definition) is 0. The van der Waals surface area contributed by atoms with E-state index in [0.29, 0.717) is 23.2 Å². The largest absolute Gasteiger partial charge is 0.410 e. The van der Waals surface area contributed by atoms with E-state index >= 15 is 0 Å². The molecule has 0 radical (unpaired) electrons. The van der Waals surface area contributed by atoms with Crippen LogP contribution in [0, 0.1) is 0 Å². The van der Waals surface area contributed by atoms with Crippen molar-refractivity contribution in [2.75, 3.05) is 18.8 Å². The maximum atomic E-state index is 14.2. The number of sulfonamides is 1. The van der Waals surface area contributed by atoms with E-state index in [1.165, 1.54) is 22.5 Å². The van der Waals surface area contributed by atoms with Crippen LogP contribution in [0.25, 0.3) is 0 Å². The predicted octanol–water partition coefficient (Wildman–Crippen LogP) is 4.42. The Labute approximate surface area is 198 Å². The predicted molar refractivity (Wildman–Crippen MR) is 120 cm³/mol. The van der Waals surface area contributed by atoms with E-state index in [2.05, 4.69) is 9.38 Å². The van der Waals surface area contributed by atoms with Crippen molar-refractivity contribution in [2.45, 2.75) is 36.5 Å². The van der Waals surface area contributed by atoms with Crippen LogP contribution in [-0.2, 0) is 31.7 Å². The maximum absolute atomic E-state index is 14.2. The third kappa shape index (κ3) is 3.59. The van der Waals surface area contributed by atoms with Gasteiger partial charge < -0.3 is 4.74 Å². The topological polar surface area (TPSA) is 71.9 Å². The van der Waals surface area contributed by atoms with Gasteiger partial charge in [0.25, 0.3) is 0 Å². The highest BCUT2D eigenvalue weighted by atomic mass is 35.5. The molecule has 2 aromatic rings. The normalized spacial score (nSPS) is 24.6. The Morgan fingerprint density at radius 1 is 1.24 bits per heavy atom. The van der Waals surface area contributed by atoms with Crippen LogP contribution in [0.5, 0.6) is 0 Å². The van der Waals surface area contributed by atoms with Crippen LogP contribution in [0.4, 0.5) is 13.2 Å². The first-order valence-corrected chi connectivity index (χ1v) is 13.0. The number of aromatic nitrogens is 1. The number of fused-ring (bicyclic) bond motifs is 2. The van der Waals surface area contributed by atoms with Crippen LogP contribution >= 0.6 is 23.5 Å². The molecule has 4 heterocycles. The molecule has 176 valence electrons. The van der Waals surface area contributed by atoms with Crippen molar-refractivity contribution in [3.8, 4) is 0 Å². The quantitative estimate of drug-likeness (QED) is 0.443. The lowest BCUT2D eigenvalue weighted by Crippen LogP contribution is -2.61. The van der Waals surface area contributed by atoms with Crippen LogP contribution in [-0.4, -0.2) is 48.4 Å². The third-order valence-corrected chi connectivity index (χ3v) is 9.56. The zero-order chi connectivity index (χ0) is 23.6. The van der Waals surface area contributed by atoms with Gasteiger partial charge in [0.15, 0.2) is 4.75 Å². The first-order valence-electron chi connectivity index (χ1n) is 10.2. The van der Waals surface area contributed by atoms with Crippen LogP contribution in [0.3, 0.4) is 0 Å². The Balaban J connectivity index is 1.41. The van der Waals surface area contributed by atoms with Gasteiger partial charge in [-0.1, -0.05) is 29.8 Å². The van der Waals surface area contributed by atoms with Gasteiger partial charge in [-0.05, 0) is 53.8 Å². The molecular formula is C21H19ClF3N3O3S2. The molecule has 5 rings (SSSR count). The van der Waals surface area contributed by atoms with E-state index in [1.54, 1.807) is 19.1 Å². The zero-order valence-electron chi connectivity index (χ0n) is 17.4. The van der Waals surface area contributed by atoms with Crippen molar-refractivity contribution in [3.05, 3.63) is 63.9 Å². The third-order valence-electron chi connectivity index (χ3n) is 6.37. The Hall–Kier alpha value is -1.66. The van der Waals surface area contributed by atoms with Gasteiger partial charge in [0.05, 0.1) is 23.8 Å². The molecule has 0 amide bonds. The highest BCUT2D eigenvalue weighted by molar-refractivity contribution is 7.99. The number of rotatable bonds is 4. The second kappa shape index (κ2) is 7.67. The molecule has 0 saturated carbocycles. The van der Waals surface area contributed by atoms with Gasteiger partial charge in [0, 0.05) is 19.5 Å². The Morgan fingerprint density at radius 2 is 2.00 bits per heavy atom. The van der Waals surface area contributed by atoms with E-state index in [4.69, 9.17) is 16.3 Å². The number of halogens is 4. The Kier molecular flexibility index (Phi) is 5.37. The molecule has 1 spiro atoms. The second-order valence-corrected chi connectivity index (χ2v) is 12.0. The van der Waals surface area contributed by atoms with E-state index in [9.17, 15) is 21.6 Å². The fourth-order valence-electron chi connectivity index (χ4n) is 4.45. The smallest absolute Gasteiger partial charge is 0.363 e. The molecule has 6 nitrogen and oxygen atoms in total. The molecular weight excluding hydrogens is 499 g/mol. The Morgan fingerprint density at radius 3 is 2.67 bits per heavy atom. The van der Waals surface area contributed by atoms with E-state index in [0.717, 1.165) is 11.1 Å². The summed E-state index contributed by atoms with van der Waals surface area (Å²) in [6.07, 6.45) is -4.97. The fourth-order valence-corrected chi connectivity index (χ4v) is 6.74. The lowest BCUT2D eigenvalue weighted by molar-refractivity contribution is -0.160. The van der Waals surface area contributed by atoms with Gasteiger partial charge in [-0.15, -0.1) is 0 Å². The summed E-state index contributed by atoms with van der Waals surface area (Å²) in [5.41, 5.74) is 1.72. The lowest BCUT2D eigenvalue weighted by atomic mass is 9.85. The number of pyridine rings is 1. The summed E-state index contributed by atoms with van der Waals surface area (Å²) < 4.78 is 76.0. The monoisotopic (exact) mass is 517 g/mol. The minimum Gasteiger partial charge on any atom is -0.363 e. The molecule has 3 aliphatic rings. The summed E-state index contributed by atoms with van der Waals surface area (Å²) in [5.74, 6) is 0.0226. The van der Waals surface area contributed by atoms with Gasteiger partial charge in [-0.2, -0.15) is 17.5 Å². The lowest BCUT2D eigenvalue weighted by Gasteiger charge is -2.46. The minimum atomic E-state index is -4.59. The first-order chi connectivity index (χ1) is 15.5. The van der Waals surface area contributed by atoms with Crippen molar-refractivity contribution in [1.29, 1.82) is 0 Å². The van der Waals surface area contributed by atoms with Crippen molar-refractivity contribution in [2.24, 2.45) is 4.40 Å². The van der Waals surface area contributed by atoms with Crippen molar-refractivity contribution in [3.63, 3.8) is 0 Å². The van der Waals surface area contributed by atoms with E-state index in [1.807, 2.05) is 6.07 Å². The summed E-state index contributed by atoms with van der Waals surface area (Å²) in [6, 6.07) is 9.52. The number of benzene rings is 1. The molecule has 12 heteroatoms. The summed E-state index contributed by atoms with van der Waals surface area (Å²) >= 11 is 6.32. The number of nitrogens with zero attached hydrogens (tertiary/aromatic N) is 3. The molecule has 1 aromatic carbocycles. The second-order valence-electron chi connectivity index (χ2n) is 8.30. The summed E-state index contributed by atoms with van der Waals surface area (Å²) in [7, 11) is -3.30. The molecule has 1 fully saturated rings. The van der Waals surface area contributed by atoms with Crippen molar-refractivity contribution >= 4 is 39.3 Å². The SMILES string of the molecule is CCS(=O)(=O)N1CC2(C1)OCc1cc(C3=NSC(c4cccc(Cl)n4)(C(F)(F)F)C3)ccc12. The Bertz CT molecular complexity index is 1260. The molecule has 1 atom stereocenters. The van der Waals surface area contributed by atoms with Crippen LogP contribution in [0.1, 0.15) is 35.7 Å². The number of ether oxygens (including phenoxy) is 1. The highest BCUT2D eigenvalue weighted by Crippen LogP contribution is 2.56. The van der Waals surface area contributed by atoms with Crippen LogP contribution in [0.15, 0.2) is 40.8 Å². The minimum absolute atomic E-state index is 0.00946. The molecule has 3 aliphatic heterocycles. The van der Waals surface area contributed by atoms with E-state index < -0.39 is 26.5 Å². The zero-order valence-corrected chi connectivity index (χ0v) is 19.8. The summed E-state index contributed by atoms with van der Waals surface area (Å²) in [5, 5.41) is -0.00946. The number of alkyl halides is 3. The average Bonchev–Trinajstić information content (AvgIpc) is 3.35. The molecule has 0 N–H and O–H groups in total.